The van der Waals surface area contributed by atoms with Gasteiger partial charge in [0.15, 0.2) is 18.0 Å². The summed E-state index contributed by atoms with van der Waals surface area (Å²) in [6, 6.07) is 5.78. The van der Waals surface area contributed by atoms with E-state index in [2.05, 4.69) is 19.8 Å². The van der Waals surface area contributed by atoms with Gasteiger partial charge in [-0.2, -0.15) is 0 Å². The van der Waals surface area contributed by atoms with Gasteiger partial charge in [0.2, 0.25) is 0 Å². The van der Waals surface area contributed by atoms with Crippen molar-refractivity contribution in [1.82, 2.24) is 0 Å². The molecule has 4 nitrogen and oxygen atoms in total. The molecule has 0 saturated heterocycles. The average Bonchev–Trinajstić information content (AvgIpc) is 3.21. The molecule has 39 heavy (non-hydrogen) atoms. The maximum atomic E-state index is 13.6. The molecule has 5 unspecified atom stereocenters. The Balaban J connectivity index is 1.42. The molecule has 1 aromatic rings. The quantitative estimate of drug-likeness (QED) is 0.187. The van der Waals surface area contributed by atoms with Gasteiger partial charge >= 0.3 is 5.97 Å². The zero-order valence-electron chi connectivity index (χ0n) is 23.6. The van der Waals surface area contributed by atoms with Crippen LogP contribution in [0.2, 0.25) is 0 Å². The van der Waals surface area contributed by atoms with Crippen LogP contribution in [0.1, 0.15) is 90.9 Å². The number of carbonyl (C=O) groups excluding carboxylic acids is 2. The molecule has 5 heteroatoms. The third-order valence-electron chi connectivity index (χ3n) is 10.7. The van der Waals surface area contributed by atoms with Gasteiger partial charge in [0.1, 0.15) is 11.6 Å². The molecular weight excluding hydrogens is 491 g/mol. The van der Waals surface area contributed by atoms with Crippen molar-refractivity contribution in [3.63, 3.8) is 0 Å². The molecule has 3 saturated carbocycles. The lowest BCUT2D eigenvalue weighted by molar-refractivity contribution is -0.175. The van der Waals surface area contributed by atoms with Crippen LogP contribution in [0.5, 0.6) is 5.75 Å². The summed E-state index contributed by atoms with van der Waals surface area (Å²) in [7, 11) is 0. The first kappa shape index (κ1) is 27.9. The van der Waals surface area contributed by atoms with E-state index < -0.39 is 17.4 Å². The van der Waals surface area contributed by atoms with Crippen LogP contribution in [-0.4, -0.2) is 24.0 Å². The van der Waals surface area contributed by atoms with Crippen molar-refractivity contribution < 1.29 is 23.5 Å². The van der Waals surface area contributed by atoms with E-state index in [-0.39, 0.29) is 17.8 Å². The summed E-state index contributed by atoms with van der Waals surface area (Å²) in [5.41, 5.74) is 0.149. The molecule has 0 heterocycles. The van der Waals surface area contributed by atoms with Gasteiger partial charge in [0.05, 0.1) is 0 Å². The Bertz CT molecular complexity index is 1150. The van der Waals surface area contributed by atoms with Gasteiger partial charge in [-0.05, 0) is 92.7 Å². The predicted molar refractivity (Wildman–Crippen MR) is 149 cm³/mol. The van der Waals surface area contributed by atoms with Crippen molar-refractivity contribution in [2.45, 2.75) is 96.5 Å². The summed E-state index contributed by atoms with van der Waals surface area (Å²) in [6.07, 6.45) is 20.2. The van der Waals surface area contributed by atoms with Crippen LogP contribution in [0.3, 0.4) is 0 Å². The standard InChI is InChI=1S/C34H43FO4/c1-4-7-8-10-24-21-34(6-3,39-31(37)22-38-27-12-9-11-25(35)20-27)33(5-2)18-17-29-28-16-14-26(36)19-23(28)13-15-30(29)32(24)33/h3,9,11-12,19-20,24,28-30,32H,4-5,7-8,10,13-18,21-22H2,1-2H3/t24?,28?,29?,30?,32?,33-,34-/m0/s1. The third-order valence-corrected chi connectivity index (χ3v) is 10.7. The fraction of sp³-hybridized carbons (Fsp3) is 0.647. The molecule has 0 bridgehead atoms. The summed E-state index contributed by atoms with van der Waals surface area (Å²) < 4.78 is 25.5. The lowest BCUT2D eigenvalue weighted by Gasteiger charge is -2.57. The van der Waals surface area contributed by atoms with E-state index in [1.165, 1.54) is 30.5 Å². The van der Waals surface area contributed by atoms with Crippen LogP contribution in [0.15, 0.2) is 35.9 Å². The normalized spacial score (nSPS) is 35.2. The molecule has 4 aliphatic carbocycles. The first-order valence-corrected chi connectivity index (χ1v) is 15.2. The maximum Gasteiger partial charge on any atom is 0.345 e. The lowest BCUT2D eigenvalue weighted by atomic mass is 9.48. The van der Waals surface area contributed by atoms with Crippen LogP contribution in [0.4, 0.5) is 4.39 Å². The SMILES string of the molecule is C#C[C@]1(OC(=O)COc2cccc(F)c2)CC(CCCCC)C2C3CCC4=CC(=O)CCC4C3CC[C@@]21CC. The monoisotopic (exact) mass is 534 g/mol. The Morgan fingerprint density at radius 3 is 2.74 bits per heavy atom. The zero-order valence-corrected chi connectivity index (χ0v) is 23.6. The molecule has 4 aliphatic rings. The van der Waals surface area contributed by atoms with E-state index in [9.17, 15) is 14.0 Å². The summed E-state index contributed by atoms with van der Waals surface area (Å²) >= 11 is 0. The lowest BCUT2D eigenvalue weighted by Crippen LogP contribution is -2.55. The second-order valence-corrected chi connectivity index (χ2v) is 12.4. The van der Waals surface area contributed by atoms with Gasteiger partial charge in [-0.15, -0.1) is 6.42 Å². The van der Waals surface area contributed by atoms with Crippen molar-refractivity contribution in [3.8, 4) is 18.1 Å². The Kier molecular flexibility index (Phi) is 8.22. The predicted octanol–water partition coefficient (Wildman–Crippen LogP) is 7.46. The van der Waals surface area contributed by atoms with E-state index in [1.54, 1.807) is 12.1 Å². The Labute approximate surface area is 233 Å². The van der Waals surface area contributed by atoms with Crippen LogP contribution in [0, 0.1) is 53.2 Å². The molecule has 3 fully saturated rings. The van der Waals surface area contributed by atoms with E-state index in [0.29, 0.717) is 48.2 Å². The fourth-order valence-electron chi connectivity index (χ4n) is 9.23. The molecule has 0 radical (unpaired) electrons. The van der Waals surface area contributed by atoms with Crippen molar-refractivity contribution in [2.75, 3.05) is 6.61 Å². The van der Waals surface area contributed by atoms with Crippen molar-refractivity contribution in [2.24, 2.45) is 35.0 Å². The van der Waals surface area contributed by atoms with Gasteiger partial charge in [-0.3, -0.25) is 4.79 Å². The number of ketones is 1. The Hall–Kier alpha value is -2.61. The molecule has 0 aliphatic heterocycles. The molecule has 0 N–H and O–H groups in total. The van der Waals surface area contributed by atoms with E-state index in [1.807, 2.05) is 6.08 Å². The molecule has 7 atom stereocenters. The molecular formula is C34H43FO4. The summed E-state index contributed by atoms with van der Waals surface area (Å²) in [6.45, 7) is 4.15. The number of fused-ring (bicyclic) bond motifs is 5. The number of allylic oxidation sites excluding steroid dienone is 1. The topological polar surface area (TPSA) is 52.6 Å². The van der Waals surface area contributed by atoms with Crippen LogP contribution >= 0.6 is 0 Å². The number of unbranched alkanes of at least 4 members (excludes halogenated alkanes) is 2. The number of carbonyl (C=O) groups is 2. The van der Waals surface area contributed by atoms with Crippen molar-refractivity contribution in [3.05, 3.63) is 41.7 Å². The van der Waals surface area contributed by atoms with Gasteiger partial charge in [0, 0.05) is 24.3 Å². The van der Waals surface area contributed by atoms with E-state index in [4.69, 9.17) is 15.9 Å². The Morgan fingerprint density at radius 1 is 1.15 bits per heavy atom. The summed E-state index contributed by atoms with van der Waals surface area (Å²) in [4.78, 5) is 25.4. The number of ether oxygens (including phenoxy) is 2. The van der Waals surface area contributed by atoms with Crippen molar-refractivity contribution >= 4 is 11.8 Å². The highest BCUT2D eigenvalue weighted by Crippen LogP contribution is 2.69. The van der Waals surface area contributed by atoms with Gasteiger partial charge in [0.25, 0.3) is 0 Å². The third kappa shape index (κ3) is 5.05. The minimum atomic E-state index is -0.963. The second kappa shape index (κ2) is 11.5. The fourth-order valence-corrected chi connectivity index (χ4v) is 9.23. The molecule has 0 aromatic heterocycles. The molecule has 0 spiro atoms. The number of rotatable bonds is 9. The van der Waals surface area contributed by atoms with Gasteiger partial charge in [-0.1, -0.05) is 50.7 Å². The number of hydrogen-bond acceptors (Lipinski definition) is 4. The van der Waals surface area contributed by atoms with Gasteiger partial charge < -0.3 is 9.47 Å². The number of terminal acetylenes is 1. The number of halogens is 1. The second-order valence-electron chi connectivity index (χ2n) is 12.4. The van der Waals surface area contributed by atoms with Crippen LogP contribution < -0.4 is 4.74 Å². The highest BCUT2D eigenvalue weighted by Gasteiger charge is 2.68. The first-order valence-electron chi connectivity index (χ1n) is 15.2. The largest absolute Gasteiger partial charge is 0.482 e. The minimum absolute atomic E-state index is 0.264. The highest BCUT2D eigenvalue weighted by atomic mass is 19.1. The molecule has 5 rings (SSSR count). The maximum absolute atomic E-state index is 13.6. The highest BCUT2D eigenvalue weighted by molar-refractivity contribution is 5.91. The Morgan fingerprint density at radius 2 is 2.00 bits per heavy atom. The molecule has 0 amide bonds. The first-order chi connectivity index (χ1) is 18.9. The number of benzene rings is 1. The minimum Gasteiger partial charge on any atom is -0.482 e. The van der Waals surface area contributed by atoms with E-state index in [0.717, 1.165) is 51.4 Å². The number of hydrogen-bond donors (Lipinski definition) is 0. The van der Waals surface area contributed by atoms with Crippen molar-refractivity contribution in [1.29, 1.82) is 0 Å². The summed E-state index contributed by atoms with van der Waals surface area (Å²) in [5.74, 6) is 5.20. The zero-order chi connectivity index (χ0) is 27.6. The number of esters is 1. The summed E-state index contributed by atoms with van der Waals surface area (Å²) in [5, 5.41) is 0. The smallest absolute Gasteiger partial charge is 0.345 e. The molecule has 210 valence electrons. The van der Waals surface area contributed by atoms with Gasteiger partial charge in [-0.25, -0.2) is 9.18 Å². The average molecular weight is 535 g/mol. The van der Waals surface area contributed by atoms with Crippen LogP contribution in [0.25, 0.3) is 0 Å². The van der Waals surface area contributed by atoms with Crippen LogP contribution in [-0.2, 0) is 14.3 Å². The van der Waals surface area contributed by atoms with E-state index >= 15 is 0 Å². The molecule has 1 aromatic carbocycles.